The van der Waals surface area contributed by atoms with Crippen LogP contribution in [0.2, 0.25) is 18.6 Å². The van der Waals surface area contributed by atoms with E-state index < -0.39 is 25.7 Å². The SMILES string of the molecule is C[C@H]1[C@H]([Si](C)(C)F)[C@@H](CCO)O[C@]12C(=O)N(Cc1cccc(N3C(=O)CCc4ccccc43)c1)c1ccccc12. The summed E-state index contributed by atoms with van der Waals surface area (Å²) in [7, 11) is -3.23. The van der Waals surface area contributed by atoms with E-state index >= 15 is 4.11 Å². The maximum Gasteiger partial charge on any atom is 0.264 e. The summed E-state index contributed by atoms with van der Waals surface area (Å²) in [5, 5.41) is 9.74. The number of amides is 2. The molecule has 3 heterocycles. The number of fused-ring (bicyclic) bond motifs is 3. The van der Waals surface area contributed by atoms with Crippen LogP contribution in [-0.2, 0) is 32.9 Å². The zero-order valence-electron chi connectivity index (χ0n) is 23.1. The Balaban J connectivity index is 1.37. The van der Waals surface area contributed by atoms with Gasteiger partial charge < -0.3 is 18.9 Å². The molecular weight excluding hydrogens is 523 g/mol. The van der Waals surface area contributed by atoms with Crippen LogP contribution in [-0.4, -0.2) is 38.0 Å². The number of nitrogens with zero attached hydrogens (tertiary/aromatic N) is 2. The van der Waals surface area contributed by atoms with Crippen LogP contribution in [0.5, 0.6) is 0 Å². The van der Waals surface area contributed by atoms with Crippen molar-refractivity contribution in [3.05, 3.63) is 89.5 Å². The summed E-state index contributed by atoms with van der Waals surface area (Å²) in [6.07, 6.45) is 0.931. The van der Waals surface area contributed by atoms with Crippen LogP contribution in [0.25, 0.3) is 0 Å². The molecule has 0 aromatic heterocycles. The van der Waals surface area contributed by atoms with Crippen molar-refractivity contribution < 1.29 is 23.5 Å². The van der Waals surface area contributed by atoms with Crippen molar-refractivity contribution in [2.24, 2.45) is 5.92 Å². The third kappa shape index (κ3) is 4.12. The summed E-state index contributed by atoms with van der Waals surface area (Å²) in [5.74, 6) is -0.539. The van der Waals surface area contributed by atoms with Gasteiger partial charge in [-0.3, -0.25) is 14.5 Å². The maximum absolute atomic E-state index is 15.7. The van der Waals surface area contributed by atoms with Crippen LogP contribution in [0.3, 0.4) is 0 Å². The number of anilines is 3. The van der Waals surface area contributed by atoms with Gasteiger partial charge in [0.25, 0.3) is 5.91 Å². The molecule has 0 unspecified atom stereocenters. The number of carbonyl (C=O) groups is 2. The topological polar surface area (TPSA) is 70.1 Å². The first-order valence-electron chi connectivity index (χ1n) is 14.1. The van der Waals surface area contributed by atoms with Gasteiger partial charge >= 0.3 is 0 Å². The van der Waals surface area contributed by atoms with Crippen molar-refractivity contribution in [2.45, 2.75) is 63.1 Å². The fourth-order valence-corrected chi connectivity index (χ4v) is 9.79. The predicted molar refractivity (Wildman–Crippen MR) is 156 cm³/mol. The zero-order chi connectivity index (χ0) is 28.2. The van der Waals surface area contributed by atoms with Crippen molar-refractivity contribution in [3.8, 4) is 0 Å². The number of para-hydroxylation sites is 2. The summed E-state index contributed by atoms with van der Waals surface area (Å²) in [6, 6.07) is 23.3. The first kappa shape index (κ1) is 26.9. The van der Waals surface area contributed by atoms with Gasteiger partial charge in [-0.05, 0) is 61.3 Å². The zero-order valence-corrected chi connectivity index (χ0v) is 24.1. The second kappa shape index (κ2) is 9.94. The first-order valence-corrected chi connectivity index (χ1v) is 17.0. The highest BCUT2D eigenvalue weighted by atomic mass is 28.4. The van der Waals surface area contributed by atoms with Gasteiger partial charge in [0, 0.05) is 35.7 Å². The molecule has 3 aromatic rings. The number of ether oxygens (including phenoxy) is 1. The van der Waals surface area contributed by atoms with Crippen LogP contribution >= 0.6 is 0 Å². The second-order valence-corrected chi connectivity index (χ2v) is 15.5. The van der Waals surface area contributed by atoms with Crippen molar-refractivity contribution in [3.63, 3.8) is 0 Å². The number of aliphatic hydroxyl groups is 1. The number of hydrogen-bond acceptors (Lipinski definition) is 4. The van der Waals surface area contributed by atoms with Gasteiger partial charge in [-0.25, -0.2) is 0 Å². The molecule has 3 aliphatic rings. The summed E-state index contributed by atoms with van der Waals surface area (Å²) in [5.41, 5.74) is 3.47. The van der Waals surface area contributed by atoms with E-state index in [9.17, 15) is 14.7 Å². The van der Waals surface area contributed by atoms with Crippen LogP contribution in [0.15, 0.2) is 72.8 Å². The van der Waals surface area contributed by atoms with Gasteiger partial charge in [0.1, 0.15) is 0 Å². The minimum atomic E-state index is -3.23. The summed E-state index contributed by atoms with van der Waals surface area (Å²) in [4.78, 5) is 30.9. The molecule has 1 fully saturated rings. The average Bonchev–Trinajstić information content (AvgIpc) is 3.36. The summed E-state index contributed by atoms with van der Waals surface area (Å²) in [6.45, 7) is 5.41. The van der Waals surface area contributed by atoms with Gasteiger partial charge in [-0.2, -0.15) is 0 Å². The first-order chi connectivity index (χ1) is 19.2. The monoisotopic (exact) mass is 558 g/mol. The maximum atomic E-state index is 15.7. The molecule has 2 amide bonds. The van der Waals surface area contributed by atoms with Crippen LogP contribution < -0.4 is 9.80 Å². The summed E-state index contributed by atoms with van der Waals surface area (Å²) < 4.78 is 22.3. The molecule has 1 spiro atoms. The average molecular weight is 559 g/mol. The Hall–Kier alpha value is -3.33. The van der Waals surface area contributed by atoms with E-state index in [1.165, 1.54) is 0 Å². The number of halogens is 1. The van der Waals surface area contributed by atoms with Gasteiger partial charge in [-0.15, -0.1) is 0 Å². The Kier molecular flexibility index (Phi) is 6.68. The Bertz CT molecular complexity index is 1470. The van der Waals surface area contributed by atoms with Gasteiger partial charge in [-0.1, -0.05) is 55.5 Å². The Morgan fingerprint density at radius 3 is 2.48 bits per heavy atom. The lowest BCUT2D eigenvalue weighted by atomic mass is 9.82. The van der Waals surface area contributed by atoms with E-state index in [1.54, 1.807) is 22.9 Å². The van der Waals surface area contributed by atoms with E-state index in [-0.39, 0.29) is 30.9 Å². The predicted octanol–water partition coefficient (Wildman–Crippen LogP) is 6.00. The highest BCUT2D eigenvalue weighted by molar-refractivity contribution is 6.72. The molecule has 3 aliphatic heterocycles. The van der Waals surface area contributed by atoms with Gasteiger partial charge in [0.15, 0.2) is 5.60 Å². The van der Waals surface area contributed by atoms with E-state index in [1.807, 2.05) is 73.7 Å². The third-order valence-corrected chi connectivity index (χ3v) is 11.3. The summed E-state index contributed by atoms with van der Waals surface area (Å²) >= 11 is 0. The molecule has 0 radical (unpaired) electrons. The molecule has 3 aromatic carbocycles. The van der Waals surface area contributed by atoms with Crippen LogP contribution in [0, 0.1) is 5.92 Å². The number of rotatable bonds is 6. The molecule has 208 valence electrons. The quantitative estimate of drug-likeness (QED) is 0.298. The van der Waals surface area contributed by atoms with Gasteiger partial charge in [0.05, 0.1) is 24.0 Å². The molecule has 6 rings (SSSR count). The molecular formula is C32H35FN2O4Si. The molecule has 4 atom stereocenters. The van der Waals surface area contributed by atoms with Crippen LogP contribution in [0.4, 0.5) is 21.2 Å². The Morgan fingerprint density at radius 2 is 1.73 bits per heavy atom. The molecule has 40 heavy (non-hydrogen) atoms. The van der Waals surface area contributed by atoms with E-state index in [0.717, 1.165) is 40.2 Å². The number of hydrogen-bond donors (Lipinski definition) is 1. The van der Waals surface area contributed by atoms with Gasteiger partial charge in [0.2, 0.25) is 14.3 Å². The molecule has 1 N–H and O–H groups in total. The van der Waals surface area contributed by atoms with E-state index in [2.05, 4.69) is 6.07 Å². The number of aliphatic hydroxyl groups excluding tert-OH is 1. The van der Waals surface area contributed by atoms with E-state index in [4.69, 9.17) is 4.74 Å². The molecule has 8 heteroatoms. The largest absolute Gasteiger partial charge is 0.396 e. The Labute approximate surface area is 235 Å². The molecule has 0 aliphatic carbocycles. The minimum Gasteiger partial charge on any atom is -0.396 e. The molecule has 0 bridgehead atoms. The van der Waals surface area contributed by atoms with Crippen molar-refractivity contribution in [1.82, 2.24) is 0 Å². The van der Waals surface area contributed by atoms with Crippen molar-refractivity contribution in [2.75, 3.05) is 16.4 Å². The smallest absolute Gasteiger partial charge is 0.264 e. The third-order valence-electron chi connectivity index (χ3n) is 8.88. The van der Waals surface area contributed by atoms with Crippen LogP contribution in [0.1, 0.15) is 36.5 Å². The Morgan fingerprint density at radius 1 is 1.00 bits per heavy atom. The fourth-order valence-electron chi connectivity index (χ4n) is 7.24. The highest BCUT2D eigenvalue weighted by Gasteiger charge is 2.66. The number of benzene rings is 3. The van der Waals surface area contributed by atoms with E-state index in [0.29, 0.717) is 12.8 Å². The minimum absolute atomic E-state index is 0.0459. The van der Waals surface area contributed by atoms with Crippen molar-refractivity contribution in [1.29, 1.82) is 0 Å². The molecule has 1 saturated heterocycles. The lowest BCUT2D eigenvalue weighted by molar-refractivity contribution is -0.146. The normalized spacial score (nSPS) is 26.0. The number of carbonyl (C=O) groups excluding carboxylic acids is 2. The molecule has 0 saturated carbocycles. The number of aryl methyl sites for hydroxylation is 1. The highest BCUT2D eigenvalue weighted by Crippen LogP contribution is 2.60. The lowest BCUT2D eigenvalue weighted by Gasteiger charge is -2.31. The molecule has 6 nitrogen and oxygen atoms in total. The standard InChI is InChI=1S/C32H35FN2O4Si/c1-21-30(40(2,3)33)28(17-18-36)39-32(21)25-12-5-7-14-27(25)34(31(32)38)20-22-9-8-11-24(19-22)35-26-13-6-4-10-23(26)15-16-29(35)37/h4-14,19,21,28,30,36H,15-18,20H2,1-3H3/t21-,28+,30-,32+/m0/s1. The lowest BCUT2D eigenvalue weighted by Crippen LogP contribution is -2.45. The van der Waals surface area contributed by atoms with Crippen molar-refractivity contribution >= 4 is 37.3 Å². The fraction of sp³-hybridized carbons (Fsp3) is 0.375. The second-order valence-electron chi connectivity index (χ2n) is 11.7.